The number of likely N-dealkylation sites (N-methyl/N-ethyl adjacent to an activating group) is 1. The molecule has 0 spiro atoms. The molecule has 0 aliphatic carbocycles. The lowest BCUT2D eigenvalue weighted by Gasteiger charge is -2.29. The quantitative estimate of drug-likeness (QED) is 0.765. The zero-order valence-electron chi connectivity index (χ0n) is 12.5. The zero-order valence-corrected chi connectivity index (χ0v) is 12.5. The molecule has 2 atom stereocenters. The summed E-state index contributed by atoms with van der Waals surface area (Å²) in [5, 5.41) is 12.3. The Bertz CT molecular complexity index is 449. The Morgan fingerprint density at radius 3 is 2.65 bits per heavy atom. The Kier molecular flexibility index (Phi) is 5.82. The number of carboxylic acids is 1. The largest absolute Gasteiger partial charge is 0.497 e. The monoisotopic (exact) mass is 281 g/mol. The molecule has 0 radical (unpaired) electrons. The van der Waals surface area contributed by atoms with E-state index in [1.165, 1.54) is 0 Å². The van der Waals surface area contributed by atoms with Crippen LogP contribution in [0.15, 0.2) is 24.3 Å². The third-order valence-electron chi connectivity index (χ3n) is 3.11. The topological polar surface area (TPSA) is 67.8 Å². The Hall–Kier alpha value is -1.75. The fourth-order valence-corrected chi connectivity index (χ4v) is 2.15. The molecule has 0 amide bonds. The highest BCUT2D eigenvalue weighted by molar-refractivity contribution is 5.78. The summed E-state index contributed by atoms with van der Waals surface area (Å²) in [5.74, 6) is 0.504. The fraction of sp³-hybridized carbons (Fsp3) is 0.533. The van der Waals surface area contributed by atoms with Gasteiger partial charge in [0.05, 0.1) is 13.2 Å². The van der Waals surface area contributed by atoms with Crippen LogP contribution in [0.3, 0.4) is 0 Å². The van der Waals surface area contributed by atoms with E-state index in [0.29, 0.717) is 24.5 Å². The maximum atomic E-state index is 11.4. The Balaban J connectivity index is 2.70. The average Bonchev–Trinajstić information content (AvgIpc) is 2.38. The van der Waals surface area contributed by atoms with Crippen LogP contribution in [0, 0.1) is 0 Å². The molecule has 5 nitrogen and oxygen atoms in total. The van der Waals surface area contributed by atoms with E-state index in [9.17, 15) is 9.90 Å². The van der Waals surface area contributed by atoms with Crippen molar-refractivity contribution in [2.75, 3.05) is 13.7 Å². The van der Waals surface area contributed by atoms with E-state index in [4.69, 9.17) is 9.47 Å². The van der Waals surface area contributed by atoms with E-state index < -0.39 is 11.5 Å². The molecule has 2 N–H and O–H groups in total. The standard InChI is InChI=1S/C15H23NO4/c1-5-16-15(3,14(17)18)10-11(2)20-13-8-6-7-12(9-13)19-4/h6-9,11,16H,5,10H2,1-4H3,(H,17,18). The van der Waals surface area contributed by atoms with Gasteiger partial charge in [0, 0.05) is 12.5 Å². The van der Waals surface area contributed by atoms with Gasteiger partial charge < -0.3 is 19.9 Å². The number of carboxylic acid groups (broad SMARTS) is 1. The van der Waals surface area contributed by atoms with Crippen molar-refractivity contribution in [3.05, 3.63) is 24.3 Å². The Morgan fingerprint density at radius 2 is 2.10 bits per heavy atom. The lowest BCUT2D eigenvalue weighted by Crippen LogP contribution is -2.51. The highest BCUT2D eigenvalue weighted by Gasteiger charge is 2.34. The summed E-state index contributed by atoms with van der Waals surface area (Å²) >= 11 is 0. The van der Waals surface area contributed by atoms with Crippen LogP contribution in [0.4, 0.5) is 0 Å². The van der Waals surface area contributed by atoms with Gasteiger partial charge in [-0.25, -0.2) is 0 Å². The van der Waals surface area contributed by atoms with E-state index in [0.717, 1.165) is 0 Å². The average molecular weight is 281 g/mol. The van der Waals surface area contributed by atoms with E-state index in [2.05, 4.69) is 5.32 Å². The van der Waals surface area contributed by atoms with E-state index in [1.807, 2.05) is 32.0 Å². The third kappa shape index (κ3) is 4.42. The number of hydrogen-bond donors (Lipinski definition) is 2. The van der Waals surface area contributed by atoms with Crippen molar-refractivity contribution in [2.24, 2.45) is 0 Å². The maximum absolute atomic E-state index is 11.4. The number of benzene rings is 1. The van der Waals surface area contributed by atoms with Gasteiger partial charge >= 0.3 is 5.97 Å². The molecular formula is C15H23NO4. The summed E-state index contributed by atoms with van der Waals surface area (Å²) < 4.78 is 10.9. The molecule has 0 aliphatic rings. The number of aliphatic carboxylic acids is 1. The third-order valence-corrected chi connectivity index (χ3v) is 3.11. The van der Waals surface area contributed by atoms with Crippen molar-refractivity contribution in [1.29, 1.82) is 0 Å². The molecule has 1 rings (SSSR count). The van der Waals surface area contributed by atoms with Crippen LogP contribution in [-0.2, 0) is 4.79 Å². The van der Waals surface area contributed by atoms with Crippen molar-refractivity contribution in [3.8, 4) is 11.5 Å². The molecule has 20 heavy (non-hydrogen) atoms. The van der Waals surface area contributed by atoms with Gasteiger partial charge in [0.1, 0.15) is 17.0 Å². The molecule has 0 saturated carbocycles. The second kappa shape index (κ2) is 7.14. The van der Waals surface area contributed by atoms with Gasteiger partial charge in [-0.15, -0.1) is 0 Å². The lowest BCUT2D eigenvalue weighted by molar-refractivity contribution is -0.145. The molecule has 0 aromatic heterocycles. The second-order valence-electron chi connectivity index (χ2n) is 4.98. The summed E-state index contributed by atoms with van der Waals surface area (Å²) in [5.41, 5.74) is -0.993. The summed E-state index contributed by atoms with van der Waals surface area (Å²) in [6.07, 6.45) is 0.134. The number of methoxy groups -OCH3 is 1. The lowest BCUT2D eigenvalue weighted by atomic mass is 9.95. The van der Waals surface area contributed by atoms with Crippen LogP contribution in [0.5, 0.6) is 11.5 Å². The van der Waals surface area contributed by atoms with Crippen LogP contribution in [0.25, 0.3) is 0 Å². The molecule has 112 valence electrons. The van der Waals surface area contributed by atoms with Gasteiger partial charge in [-0.2, -0.15) is 0 Å². The van der Waals surface area contributed by atoms with Crippen molar-refractivity contribution in [1.82, 2.24) is 5.32 Å². The van der Waals surface area contributed by atoms with Gasteiger partial charge in [-0.1, -0.05) is 13.0 Å². The molecular weight excluding hydrogens is 258 g/mol. The van der Waals surface area contributed by atoms with Crippen LogP contribution in [0.1, 0.15) is 27.2 Å². The van der Waals surface area contributed by atoms with Crippen LogP contribution < -0.4 is 14.8 Å². The van der Waals surface area contributed by atoms with Crippen LogP contribution in [0.2, 0.25) is 0 Å². The minimum Gasteiger partial charge on any atom is -0.497 e. The molecule has 0 aliphatic heterocycles. The highest BCUT2D eigenvalue weighted by atomic mass is 16.5. The summed E-state index contributed by atoms with van der Waals surface area (Å²) in [7, 11) is 1.59. The first-order valence-corrected chi connectivity index (χ1v) is 6.70. The van der Waals surface area contributed by atoms with Gasteiger partial charge in [0.2, 0.25) is 0 Å². The van der Waals surface area contributed by atoms with E-state index in [1.54, 1.807) is 20.1 Å². The van der Waals surface area contributed by atoms with Gasteiger partial charge in [0.15, 0.2) is 0 Å². The van der Waals surface area contributed by atoms with Crippen molar-refractivity contribution in [2.45, 2.75) is 38.8 Å². The van der Waals surface area contributed by atoms with Crippen LogP contribution in [-0.4, -0.2) is 36.4 Å². The van der Waals surface area contributed by atoms with Crippen molar-refractivity contribution < 1.29 is 19.4 Å². The number of rotatable bonds is 8. The molecule has 0 heterocycles. The van der Waals surface area contributed by atoms with Crippen LogP contribution >= 0.6 is 0 Å². The second-order valence-corrected chi connectivity index (χ2v) is 4.98. The number of ether oxygens (including phenoxy) is 2. The molecule has 5 heteroatoms. The fourth-order valence-electron chi connectivity index (χ4n) is 2.15. The first kappa shape index (κ1) is 16.3. The first-order valence-electron chi connectivity index (χ1n) is 6.70. The predicted molar refractivity (Wildman–Crippen MR) is 77.4 cm³/mol. The van der Waals surface area contributed by atoms with Crippen molar-refractivity contribution >= 4 is 5.97 Å². The molecule has 0 bridgehead atoms. The zero-order chi connectivity index (χ0) is 15.2. The number of carbonyl (C=O) groups is 1. The molecule has 1 aromatic carbocycles. The summed E-state index contributed by atoms with van der Waals surface area (Å²) in [6, 6.07) is 7.27. The summed E-state index contributed by atoms with van der Waals surface area (Å²) in [6.45, 7) is 6.01. The highest BCUT2D eigenvalue weighted by Crippen LogP contribution is 2.22. The Labute approximate surface area is 119 Å². The molecule has 2 unspecified atom stereocenters. The SMILES string of the molecule is CCNC(C)(CC(C)Oc1cccc(OC)c1)C(=O)O. The number of nitrogens with one attached hydrogen (secondary N) is 1. The van der Waals surface area contributed by atoms with E-state index in [-0.39, 0.29) is 6.10 Å². The smallest absolute Gasteiger partial charge is 0.323 e. The summed E-state index contributed by atoms with van der Waals surface area (Å²) in [4.78, 5) is 11.4. The number of hydrogen-bond acceptors (Lipinski definition) is 4. The Morgan fingerprint density at radius 1 is 1.45 bits per heavy atom. The first-order chi connectivity index (χ1) is 9.41. The normalized spacial score (nSPS) is 15.2. The van der Waals surface area contributed by atoms with Gasteiger partial charge in [0.25, 0.3) is 0 Å². The molecule has 0 saturated heterocycles. The molecule has 0 fully saturated rings. The predicted octanol–water partition coefficient (Wildman–Crippen LogP) is 2.31. The maximum Gasteiger partial charge on any atom is 0.323 e. The van der Waals surface area contributed by atoms with E-state index >= 15 is 0 Å². The minimum atomic E-state index is -0.993. The minimum absolute atomic E-state index is 0.234. The van der Waals surface area contributed by atoms with Gasteiger partial charge in [-0.3, -0.25) is 4.79 Å². The van der Waals surface area contributed by atoms with Crippen molar-refractivity contribution in [3.63, 3.8) is 0 Å². The molecule has 1 aromatic rings. The van der Waals surface area contributed by atoms with Gasteiger partial charge in [-0.05, 0) is 32.5 Å².